The third-order valence-corrected chi connectivity index (χ3v) is 3.57. The number of hydrogen-bond donors (Lipinski definition) is 2. The summed E-state index contributed by atoms with van der Waals surface area (Å²) in [4.78, 5) is 34.4. The molecule has 0 aromatic carbocycles. The molecule has 1 saturated carbocycles. The minimum absolute atomic E-state index is 0.0573. The molecule has 1 aliphatic rings. The number of nitrogens with two attached hydrogens (primary N) is 1. The van der Waals surface area contributed by atoms with Gasteiger partial charge in [0.05, 0.1) is 11.5 Å². The molecule has 1 aromatic rings. The summed E-state index contributed by atoms with van der Waals surface area (Å²) in [6.07, 6.45) is 0.754. The molecule has 0 unspecified atom stereocenters. The lowest BCUT2D eigenvalue weighted by atomic mass is 10.3. The van der Waals surface area contributed by atoms with Gasteiger partial charge in [0.2, 0.25) is 0 Å². The van der Waals surface area contributed by atoms with E-state index < -0.39 is 17.9 Å². The van der Waals surface area contributed by atoms with Crippen molar-refractivity contribution < 1.29 is 19.1 Å². The Bertz CT molecular complexity index is 522. The first kappa shape index (κ1) is 13.5. The number of nitrogens with one attached hydrogen (secondary N) is 1. The quantitative estimate of drug-likeness (QED) is 0.791. The molecular formula is C12H14N2O4S. The average Bonchev–Trinajstić information content (AvgIpc) is 3.09. The van der Waals surface area contributed by atoms with Crippen LogP contribution in [-0.4, -0.2) is 23.9 Å². The maximum Gasteiger partial charge on any atom is 0.309 e. The van der Waals surface area contributed by atoms with Crippen LogP contribution in [0, 0.1) is 5.92 Å². The van der Waals surface area contributed by atoms with Gasteiger partial charge in [-0.15, -0.1) is 11.3 Å². The summed E-state index contributed by atoms with van der Waals surface area (Å²) in [5, 5.41) is 4.55. The molecule has 0 saturated heterocycles. The molecule has 0 aliphatic heterocycles. The highest BCUT2D eigenvalue weighted by atomic mass is 32.1. The van der Waals surface area contributed by atoms with Crippen LogP contribution >= 0.6 is 11.3 Å². The SMILES string of the molecule is C[C@@H](OC(=O)C1CC1)C(=O)Nc1sccc1C(N)=O. The van der Waals surface area contributed by atoms with E-state index in [1.807, 2.05) is 0 Å². The zero-order chi connectivity index (χ0) is 14.0. The van der Waals surface area contributed by atoms with Crippen LogP contribution in [0.3, 0.4) is 0 Å². The van der Waals surface area contributed by atoms with E-state index >= 15 is 0 Å². The lowest BCUT2D eigenvalue weighted by Gasteiger charge is -2.12. The lowest BCUT2D eigenvalue weighted by molar-refractivity contribution is -0.154. The van der Waals surface area contributed by atoms with Crippen LogP contribution in [0.25, 0.3) is 0 Å². The van der Waals surface area contributed by atoms with Crippen molar-refractivity contribution in [1.82, 2.24) is 0 Å². The third kappa shape index (κ3) is 3.31. The van der Waals surface area contributed by atoms with Gasteiger partial charge in [0, 0.05) is 0 Å². The smallest absolute Gasteiger partial charge is 0.309 e. The molecule has 1 fully saturated rings. The van der Waals surface area contributed by atoms with Gasteiger partial charge in [0.15, 0.2) is 6.10 Å². The second kappa shape index (κ2) is 5.40. The summed E-state index contributed by atoms with van der Waals surface area (Å²) in [7, 11) is 0. The summed E-state index contributed by atoms with van der Waals surface area (Å²) < 4.78 is 5.02. The van der Waals surface area contributed by atoms with Crippen molar-refractivity contribution in [3.63, 3.8) is 0 Å². The number of carbonyl (C=O) groups excluding carboxylic acids is 3. The van der Waals surface area contributed by atoms with Gasteiger partial charge in [-0.3, -0.25) is 14.4 Å². The molecule has 1 aliphatic carbocycles. The number of rotatable bonds is 5. The Morgan fingerprint density at radius 2 is 2.16 bits per heavy atom. The number of carbonyl (C=O) groups is 3. The Morgan fingerprint density at radius 3 is 2.74 bits per heavy atom. The van der Waals surface area contributed by atoms with Crippen LogP contribution in [0.4, 0.5) is 5.00 Å². The van der Waals surface area contributed by atoms with Gasteiger partial charge in [0.25, 0.3) is 11.8 Å². The van der Waals surface area contributed by atoms with E-state index in [0.29, 0.717) is 5.00 Å². The maximum absolute atomic E-state index is 11.8. The highest BCUT2D eigenvalue weighted by Gasteiger charge is 2.33. The number of amides is 2. The van der Waals surface area contributed by atoms with E-state index in [4.69, 9.17) is 10.5 Å². The molecule has 102 valence electrons. The molecule has 3 N–H and O–H groups in total. The molecule has 1 heterocycles. The van der Waals surface area contributed by atoms with Gasteiger partial charge in [-0.25, -0.2) is 0 Å². The largest absolute Gasteiger partial charge is 0.452 e. The minimum Gasteiger partial charge on any atom is -0.452 e. The fraction of sp³-hybridized carbons (Fsp3) is 0.417. The standard InChI is InChI=1S/C12H14N2O4S/c1-6(18-12(17)7-2-3-7)10(16)14-11-8(9(13)15)4-5-19-11/h4-7H,2-3H2,1H3,(H2,13,15)(H,14,16)/t6-/m1/s1. The van der Waals surface area contributed by atoms with Crippen molar-refractivity contribution in [2.45, 2.75) is 25.9 Å². The molecule has 1 aromatic heterocycles. The maximum atomic E-state index is 11.8. The summed E-state index contributed by atoms with van der Waals surface area (Å²) in [6.45, 7) is 1.49. The van der Waals surface area contributed by atoms with Crippen molar-refractivity contribution in [3.05, 3.63) is 17.0 Å². The molecule has 2 amide bonds. The molecule has 0 bridgehead atoms. The van der Waals surface area contributed by atoms with Gasteiger partial charge in [-0.1, -0.05) is 0 Å². The van der Waals surface area contributed by atoms with E-state index in [-0.39, 0.29) is 17.5 Å². The first-order valence-electron chi connectivity index (χ1n) is 5.87. The number of thiophene rings is 1. The fourth-order valence-electron chi connectivity index (χ4n) is 1.46. The summed E-state index contributed by atoms with van der Waals surface area (Å²) >= 11 is 1.19. The van der Waals surface area contributed by atoms with E-state index in [2.05, 4.69) is 5.32 Å². The van der Waals surface area contributed by atoms with Crippen LogP contribution in [0.15, 0.2) is 11.4 Å². The second-order valence-corrected chi connectivity index (χ2v) is 5.29. The molecule has 6 nitrogen and oxygen atoms in total. The monoisotopic (exact) mass is 282 g/mol. The minimum atomic E-state index is -0.893. The number of anilines is 1. The Morgan fingerprint density at radius 1 is 1.47 bits per heavy atom. The Hall–Kier alpha value is -1.89. The summed E-state index contributed by atoms with van der Waals surface area (Å²) in [6, 6.07) is 1.53. The molecule has 19 heavy (non-hydrogen) atoms. The van der Waals surface area contributed by atoms with Gasteiger partial charge >= 0.3 is 5.97 Å². The van der Waals surface area contributed by atoms with Crippen molar-refractivity contribution in [2.24, 2.45) is 11.7 Å². The normalized spacial score (nSPS) is 15.6. The lowest BCUT2D eigenvalue weighted by Crippen LogP contribution is -2.30. The van der Waals surface area contributed by atoms with Crippen molar-refractivity contribution >= 4 is 34.1 Å². The molecular weight excluding hydrogens is 268 g/mol. The number of ether oxygens (including phenoxy) is 1. The van der Waals surface area contributed by atoms with Gasteiger partial charge in [0.1, 0.15) is 5.00 Å². The van der Waals surface area contributed by atoms with E-state index in [1.54, 1.807) is 5.38 Å². The Labute approximate surface area is 113 Å². The Kier molecular flexibility index (Phi) is 3.84. The van der Waals surface area contributed by atoms with Crippen LogP contribution in [0.5, 0.6) is 0 Å². The van der Waals surface area contributed by atoms with Crippen molar-refractivity contribution in [3.8, 4) is 0 Å². The van der Waals surface area contributed by atoms with Crippen LogP contribution in [-0.2, 0) is 14.3 Å². The average molecular weight is 282 g/mol. The first-order chi connectivity index (χ1) is 8.99. The second-order valence-electron chi connectivity index (χ2n) is 4.37. The van der Waals surface area contributed by atoms with Crippen molar-refractivity contribution in [1.29, 1.82) is 0 Å². The molecule has 0 radical (unpaired) electrons. The fourth-order valence-corrected chi connectivity index (χ4v) is 2.25. The van der Waals surface area contributed by atoms with Crippen LogP contribution in [0.1, 0.15) is 30.1 Å². The number of hydrogen-bond acceptors (Lipinski definition) is 5. The molecule has 7 heteroatoms. The van der Waals surface area contributed by atoms with Crippen LogP contribution < -0.4 is 11.1 Å². The Balaban J connectivity index is 1.94. The number of primary amides is 1. The summed E-state index contributed by atoms with van der Waals surface area (Å²) in [5.74, 6) is -1.49. The molecule has 1 atom stereocenters. The number of esters is 1. The highest BCUT2D eigenvalue weighted by molar-refractivity contribution is 7.14. The van der Waals surface area contributed by atoms with Crippen molar-refractivity contribution in [2.75, 3.05) is 5.32 Å². The zero-order valence-corrected chi connectivity index (χ0v) is 11.2. The zero-order valence-electron chi connectivity index (χ0n) is 10.3. The van der Waals surface area contributed by atoms with E-state index in [9.17, 15) is 14.4 Å². The highest BCUT2D eigenvalue weighted by Crippen LogP contribution is 2.30. The topological polar surface area (TPSA) is 98.5 Å². The van der Waals surface area contributed by atoms with E-state index in [0.717, 1.165) is 12.8 Å². The third-order valence-electron chi connectivity index (χ3n) is 2.74. The molecule has 2 rings (SSSR count). The summed E-state index contributed by atoms with van der Waals surface area (Å²) in [5.41, 5.74) is 5.42. The van der Waals surface area contributed by atoms with E-state index in [1.165, 1.54) is 24.3 Å². The molecule has 0 spiro atoms. The van der Waals surface area contributed by atoms with Gasteiger partial charge in [-0.2, -0.15) is 0 Å². The first-order valence-corrected chi connectivity index (χ1v) is 6.75. The van der Waals surface area contributed by atoms with Gasteiger partial charge < -0.3 is 15.8 Å². The predicted octanol–water partition coefficient (Wildman–Crippen LogP) is 1.13. The van der Waals surface area contributed by atoms with Gasteiger partial charge in [-0.05, 0) is 31.2 Å². The van der Waals surface area contributed by atoms with Crippen LogP contribution in [0.2, 0.25) is 0 Å². The predicted molar refractivity (Wildman–Crippen MR) is 69.7 cm³/mol.